The summed E-state index contributed by atoms with van der Waals surface area (Å²) in [5, 5.41) is 18.6. The lowest BCUT2D eigenvalue weighted by atomic mass is 9.98. The third-order valence-electron chi connectivity index (χ3n) is 2.57. The second-order valence-corrected chi connectivity index (χ2v) is 3.76. The Balaban J connectivity index is 2.50. The van der Waals surface area contributed by atoms with Crippen molar-refractivity contribution in [1.82, 2.24) is 0 Å². The maximum Gasteiger partial charge on any atom is 0.124 e. The van der Waals surface area contributed by atoms with Gasteiger partial charge in [-0.25, -0.2) is 0 Å². The number of benzene rings is 2. The summed E-state index contributed by atoms with van der Waals surface area (Å²) in [6, 6.07) is 11.7. The minimum Gasteiger partial charge on any atom is -0.508 e. The van der Waals surface area contributed by atoms with Crippen molar-refractivity contribution in [3.8, 4) is 22.6 Å². The maximum absolute atomic E-state index is 10.6. The van der Waals surface area contributed by atoms with E-state index in [9.17, 15) is 15.0 Å². The molecule has 0 spiro atoms. The van der Waals surface area contributed by atoms with Gasteiger partial charge in [-0.3, -0.25) is 0 Å². The molecule has 0 amide bonds. The van der Waals surface area contributed by atoms with Crippen LogP contribution in [-0.4, -0.2) is 16.5 Å². The van der Waals surface area contributed by atoms with Gasteiger partial charge in [0, 0.05) is 6.42 Å². The van der Waals surface area contributed by atoms with Gasteiger partial charge in [0.2, 0.25) is 0 Å². The molecule has 2 rings (SSSR count). The van der Waals surface area contributed by atoms with Crippen LogP contribution >= 0.6 is 0 Å². The lowest BCUT2D eigenvalue weighted by Gasteiger charge is -2.08. The fourth-order valence-corrected chi connectivity index (χ4v) is 1.76. The first-order valence-electron chi connectivity index (χ1n) is 5.25. The number of phenolic OH excluding ortho intramolecular Hbond substituents is 2. The average Bonchev–Trinajstić information content (AvgIpc) is 2.31. The SMILES string of the molecule is O=CCc1cc(O)ccc1-c1ccc(O)cc1. The van der Waals surface area contributed by atoms with Crippen molar-refractivity contribution in [3.63, 3.8) is 0 Å². The van der Waals surface area contributed by atoms with Crippen LogP contribution in [0.25, 0.3) is 11.1 Å². The minimum absolute atomic E-state index is 0.143. The largest absolute Gasteiger partial charge is 0.508 e. The predicted molar refractivity (Wildman–Crippen MR) is 65.0 cm³/mol. The molecule has 17 heavy (non-hydrogen) atoms. The summed E-state index contributed by atoms with van der Waals surface area (Å²) in [4.78, 5) is 10.6. The Morgan fingerprint density at radius 2 is 1.59 bits per heavy atom. The molecule has 0 bridgehead atoms. The molecular formula is C14H12O3. The van der Waals surface area contributed by atoms with Crippen LogP contribution in [0, 0.1) is 0 Å². The fraction of sp³-hybridized carbons (Fsp3) is 0.0714. The molecule has 0 fully saturated rings. The number of aromatic hydroxyl groups is 2. The molecule has 0 radical (unpaired) electrons. The Labute approximate surface area is 99.0 Å². The fourth-order valence-electron chi connectivity index (χ4n) is 1.76. The molecule has 0 aliphatic carbocycles. The van der Waals surface area contributed by atoms with Crippen LogP contribution in [0.2, 0.25) is 0 Å². The molecule has 3 heteroatoms. The van der Waals surface area contributed by atoms with Crippen LogP contribution in [-0.2, 0) is 11.2 Å². The first kappa shape index (κ1) is 11.2. The summed E-state index contributed by atoms with van der Waals surface area (Å²) in [5.41, 5.74) is 2.56. The standard InChI is InChI=1S/C14H12O3/c15-8-7-11-9-13(17)5-6-14(11)10-1-3-12(16)4-2-10/h1-6,8-9,16-17H,7H2. The van der Waals surface area contributed by atoms with E-state index < -0.39 is 0 Å². The van der Waals surface area contributed by atoms with Crippen molar-refractivity contribution in [2.24, 2.45) is 0 Å². The van der Waals surface area contributed by atoms with Crippen molar-refractivity contribution in [1.29, 1.82) is 0 Å². The molecule has 0 aliphatic heterocycles. The lowest BCUT2D eigenvalue weighted by Crippen LogP contribution is -1.90. The monoisotopic (exact) mass is 228 g/mol. The van der Waals surface area contributed by atoms with Crippen molar-refractivity contribution >= 4 is 6.29 Å². The highest BCUT2D eigenvalue weighted by atomic mass is 16.3. The van der Waals surface area contributed by atoms with Gasteiger partial charge in [0.05, 0.1) is 0 Å². The van der Waals surface area contributed by atoms with E-state index in [0.717, 1.165) is 23.0 Å². The van der Waals surface area contributed by atoms with Gasteiger partial charge >= 0.3 is 0 Å². The quantitative estimate of drug-likeness (QED) is 0.793. The van der Waals surface area contributed by atoms with Crippen LogP contribution in [0.4, 0.5) is 0 Å². The summed E-state index contributed by atoms with van der Waals surface area (Å²) in [6.45, 7) is 0. The number of hydrogen-bond donors (Lipinski definition) is 2. The molecule has 2 N–H and O–H groups in total. The van der Waals surface area contributed by atoms with Gasteiger partial charge in [0.15, 0.2) is 0 Å². The van der Waals surface area contributed by atoms with Crippen LogP contribution in [0.1, 0.15) is 5.56 Å². The molecule has 0 heterocycles. The predicted octanol–water partition coefficient (Wildman–Crippen LogP) is 2.51. The molecule has 0 aromatic heterocycles. The topological polar surface area (TPSA) is 57.5 Å². The van der Waals surface area contributed by atoms with E-state index in [2.05, 4.69) is 0 Å². The summed E-state index contributed by atoms with van der Waals surface area (Å²) < 4.78 is 0. The number of hydrogen-bond acceptors (Lipinski definition) is 3. The molecule has 86 valence electrons. The van der Waals surface area contributed by atoms with E-state index in [4.69, 9.17) is 0 Å². The van der Waals surface area contributed by atoms with E-state index in [-0.39, 0.29) is 17.9 Å². The van der Waals surface area contributed by atoms with Gasteiger partial charge in [0.25, 0.3) is 0 Å². The highest BCUT2D eigenvalue weighted by molar-refractivity contribution is 5.72. The molecule has 2 aromatic rings. The molecular weight excluding hydrogens is 216 g/mol. The second-order valence-electron chi connectivity index (χ2n) is 3.76. The zero-order chi connectivity index (χ0) is 12.3. The van der Waals surface area contributed by atoms with Crippen molar-refractivity contribution in [2.45, 2.75) is 6.42 Å². The minimum atomic E-state index is 0.143. The first-order valence-corrected chi connectivity index (χ1v) is 5.25. The van der Waals surface area contributed by atoms with Crippen LogP contribution in [0.3, 0.4) is 0 Å². The van der Waals surface area contributed by atoms with Gasteiger partial charge in [-0.15, -0.1) is 0 Å². The van der Waals surface area contributed by atoms with Gasteiger partial charge in [-0.05, 0) is 41.0 Å². The van der Waals surface area contributed by atoms with E-state index in [0.29, 0.717) is 0 Å². The molecule has 0 aliphatic rings. The van der Waals surface area contributed by atoms with Gasteiger partial charge in [-0.1, -0.05) is 18.2 Å². The Kier molecular flexibility index (Phi) is 3.10. The van der Waals surface area contributed by atoms with E-state index in [1.807, 2.05) is 0 Å². The number of carbonyl (C=O) groups excluding carboxylic acids is 1. The summed E-state index contributed by atoms with van der Waals surface area (Å²) in [7, 11) is 0. The highest BCUT2D eigenvalue weighted by Crippen LogP contribution is 2.28. The zero-order valence-electron chi connectivity index (χ0n) is 9.13. The van der Waals surface area contributed by atoms with Crippen LogP contribution in [0.5, 0.6) is 11.5 Å². The van der Waals surface area contributed by atoms with Gasteiger partial charge < -0.3 is 15.0 Å². The number of rotatable bonds is 3. The molecule has 0 saturated carbocycles. The molecule has 0 atom stereocenters. The lowest BCUT2D eigenvalue weighted by molar-refractivity contribution is -0.107. The van der Waals surface area contributed by atoms with Gasteiger partial charge in [-0.2, -0.15) is 0 Å². The van der Waals surface area contributed by atoms with E-state index in [1.54, 1.807) is 42.5 Å². The molecule has 0 saturated heterocycles. The summed E-state index contributed by atoms with van der Waals surface area (Å²) in [6.07, 6.45) is 1.06. The van der Waals surface area contributed by atoms with E-state index in [1.165, 1.54) is 0 Å². The Morgan fingerprint density at radius 1 is 0.941 bits per heavy atom. The van der Waals surface area contributed by atoms with Crippen molar-refractivity contribution in [3.05, 3.63) is 48.0 Å². The smallest absolute Gasteiger partial charge is 0.124 e. The third-order valence-corrected chi connectivity index (χ3v) is 2.57. The zero-order valence-corrected chi connectivity index (χ0v) is 9.13. The molecule has 3 nitrogen and oxygen atoms in total. The van der Waals surface area contributed by atoms with Crippen molar-refractivity contribution in [2.75, 3.05) is 0 Å². The Hall–Kier alpha value is -2.29. The molecule has 0 unspecified atom stereocenters. The average molecular weight is 228 g/mol. The summed E-state index contributed by atoms with van der Waals surface area (Å²) >= 11 is 0. The Morgan fingerprint density at radius 3 is 2.24 bits per heavy atom. The van der Waals surface area contributed by atoms with E-state index >= 15 is 0 Å². The number of carbonyl (C=O) groups is 1. The maximum atomic E-state index is 10.6. The van der Waals surface area contributed by atoms with Crippen LogP contribution in [0.15, 0.2) is 42.5 Å². The number of phenols is 2. The van der Waals surface area contributed by atoms with Gasteiger partial charge in [0.1, 0.15) is 17.8 Å². The normalized spacial score (nSPS) is 10.1. The first-order chi connectivity index (χ1) is 8.20. The molecule has 2 aromatic carbocycles. The number of aldehydes is 1. The second kappa shape index (κ2) is 4.70. The third kappa shape index (κ3) is 2.45. The highest BCUT2D eigenvalue weighted by Gasteiger charge is 2.06. The Bertz CT molecular complexity index is 530. The van der Waals surface area contributed by atoms with Crippen molar-refractivity contribution < 1.29 is 15.0 Å². The summed E-state index contributed by atoms with van der Waals surface area (Å²) in [5.74, 6) is 0.342. The van der Waals surface area contributed by atoms with Crippen LogP contribution < -0.4 is 0 Å².